The van der Waals surface area contributed by atoms with Gasteiger partial charge in [-0.1, -0.05) is 23.7 Å². The molecular formula is C29H26ClF2N9O5. The van der Waals surface area contributed by atoms with Gasteiger partial charge in [-0.15, -0.1) is 5.10 Å². The van der Waals surface area contributed by atoms with Crippen LogP contribution in [0.3, 0.4) is 0 Å². The molecule has 0 bridgehead atoms. The summed E-state index contributed by atoms with van der Waals surface area (Å²) in [4.78, 5) is 51.6. The third-order valence-corrected chi connectivity index (χ3v) is 7.26. The van der Waals surface area contributed by atoms with Crippen LogP contribution in [0, 0.1) is 0 Å². The summed E-state index contributed by atoms with van der Waals surface area (Å²) in [6.07, 6.45) is 2.47. The second-order valence-electron chi connectivity index (χ2n) is 10.2. The average Bonchev–Trinajstić information content (AvgIpc) is 3.70. The molecule has 3 N–H and O–H groups in total. The zero-order chi connectivity index (χ0) is 32.8. The highest BCUT2D eigenvalue weighted by atomic mass is 35.5. The number of nitrogens with one attached hydrogen (secondary N) is 3. The number of benzene rings is 2. The standard InChI is InChI=1S/C29H26ClF2N9O5/c1-46-28(45)34-20-6-2-17(3-7-20)21-13-23(36-37-27(21)44)22(14-26(43)40-11-10-29(31,32)15-40)35-25(42)9-4-18-12-19(30)5-8-24(18)41-16-33-38-39-41/h2-9,12-13,16,22H,10-11,14-15H2,1H3,(H,34,45)(H,35,42)(H,37,44)/b9-4+/t22-/m0/s1. The Balaban J connectivity index is 1.42. The normalized spacial score (nSPS) is 14.7. The van der Waals surface area contributed by atoms with Crippen LogP contribution in [0.1, 0.15) is 30.1 Å². The molecule has 238 valence electrons. The van der Waals surface area contributed by atoms with Crippen LogP contribution >= 0.6 is 11.6 Å². The lowest BCUT2D eigenvalue weighted by molar-refractivity contribution is -0.132. The van der Waals surface area contributed by atoms with Gasteiger partial charge < -0.3 is 15.0 Å². The first-order valence-electron chi connectivity index (χ1n) is 13.7. The van der Waals surface area contributed by atoms with Crippen LogP contribution in [0.4, 0.5) is 19.3 Å². The van der Waals surface area contributed by atoms with E-state index in [0.29, 0.717) is 27.5 Å². The number of aromatic amines is 1. The van der Waals surface area contributed by atoms with E-state index in [0.717, 1.165) is 4.90 Å². The molecule has 0 aliphatic carbocycles. The largest absolute Gasteiger partial charge is 0.453 e. The number of halogens is 3. The number of likely N-dealkylation sites (tertiary alicyclic amines) is 1. The molecule has 1 fully saturated rings. The first-order valence-corrected chi connectivity index (χ1v) is 14.1. The molecule has 46 heavy (non-hydrogen) atoms. The van der Waals surface area contributed by atoms with Crippen LogP contribution in [0.25, 0.3) is 22.9 Å². The summed E-state index contributed by atoms with van der Waals surface area (Å²) in [7, 11) is 1.22. The minimum Gasteiger partial charge on any atom is -0.453 e. The Morgan fingerprint density at radius 1 is 1.17 bits per heavy atom. The molecule has 14 nitrogen and oxygen atoms in total. The SMILES string of the molecule is COC(=O)Nc1ccc(-c2cc([C@H](CC(=O)N3CCC(F)(F)C3)NC(=O)/C=C/c3cc(Cl)ccc3-n3cnnn3)n[nH]c2=O)cc1. The van der Waals surface area contributed by atoms with E-state index in [1.54, 1.807) is 42.5 Å². The number of carbonyl (C=O) groups excluding carboxylic acids is 3. The first-order chi connectivity index (χ1) is 22.0. The number of hydrogen-bond acceptors (Lipinski definition) is 9. The summed E-state index contributed by atoms with van der Waals surface area (Å²) >= 11 is 6.16. The Kier molecular flexibility index (Phi) is 9.46. The zero-order valence-corrected chi connectivity index (χ0v) is 24.9. The Hall–Kier alpha value is -5.51. The quantitative estimate of drug-likeness (QED) is 0.229. The van der Waals surface area contributed by atoms with Gasteiger partial charge in [0.15, 0.2) is 0 Å². The maximum absolute atomic E-state index is 13.9. The molecule has 0 unspecified atom stereocenters. The fourth-order valence-corrected chi connectivity index (χ4v) is 4.90. The van der Waals surface area contributed by atoms with Crippen molar-refractivity contribution in [3.8, 4) is 16.8 Å². The van der Waals surface area contributed by atoms with Gasteiger partial charge >= 0.3 is 6.09 Å². The van der Waals surface area contributed by atoms with E-state index in [4.69, 9.17) is 11.6 Å². The molecule has 3 amide bonds. The van der Waals surface area contributed by atoms with Crippen LogP contribution in [-0.4, -0.2) is 79.3 Å². The summed E-state index contributed by atoms with van der Waals surface area (Å²) in [6, 6.07) is 11.4. The molecule has 0 spiro atoms. The molecule has 2 aromatic carbocycles. The third kappa shape index (κ3) is 7.76. The molecule has 1 aliphatic heterocycles. The van der Waals surface area contributed by atoms with Crippen molar-refractivity contribution in [2.45, 2.75) is 24.8 Å². The number of tetrazole rings is 1. The van der Waals surface area contributed by atoms with Crippen molar-refractivity contribution in [2.75, 3.05) is 25.5 Å². The van der Waals surface area contributed by atoms with Gasteiger partial charge in [0.2, 0.25) is 11.8 Å². The van der Waals surface area contributed by atoms with E-state index in [1.165, 1.54) is 36.3 Å². The van der Waals surface area contributed by atoms with Crippen molar-refractivity contribution in [3.05, 3.63) is 87.6 Å². The number of H-pyrrole nitrogens is 1. The number of alkyl halides is 2. The molecule has 1 aliphatic rings. The van der Waals surface area contributed by atoms with Crippen LogP contribution in [0.2, 0.25) is 5.02 Å². The number of hydrogen-bond donors (Lipinski definition) is 3. The summed E-state index contributed by atoms with van der Waals surface area (Å²) in [5.41, 5.74) is 1.56. The fraction of sp³-hybridized carbons (Fsp3) is 0.241. The Labute approximate surface area is 264 Å². The smallest absolute Gasteiger partial charge is 0.411 e. The van der Waals surface area contributed by atoms with Gasteiger partial charge in [-0.25, -0.2) is 18.7 Å². The van der Waals surface area contributed by atoms with E-state index in [2.05, 4.69) is 41.1 Å². The summed E-state index contributed by atoms with van der Waals surface area (Å²) in [5, 5.41) is 23.1. The number of amides is 3. The van der Waals surface area contributed by atoms with Gasteiger partial charge in [-0.2, -0.15) is 9.78 Å². The molecule has 0 radical (unpaired) electrons. The highest BCUT2D eigenvalue weighted by Crippen LogP contribution is 2.29. The highest BCUT2D eigenvalue weighted by Gasteiger charge is 2.40. The molecule has 1 atom stereocenters. The average molecular weight is 654 g/mol. The summed E-state index contributed by atoms with van der Waals surface area (Å²) in [5.74, 6) is -4.29. The fourth-order valence-electron chi connectivity index (χ4n) is 4.72. The lowest BCUT2D eigenvalue weighted by Gasteiger charge is -2.22. The number of nitrogens with zero attached hydrogens (tertiary/aromatic N) is 6. The second-order valence-corrected chi connectivity index (χ2v) is 10.6. The van der Waals surface area contributed by atoms with E-state index in [-0.39, 0.29) is 17.8 Å². The van der Waals surface area contributed by atoms with Gasteiger partial charge in [0.05, 0.1) is 43.1 Å². The van der Waals surface area contributed by atoms with Crippen LogP contribution in [0.5, 0.6) is 0 Å². The van der Waals surface area contributed by atoms with Crippen molar-refractivity contribution in [1.29, 1.82) is 0 Å². The van der Waals surface area contributed by atoms with E-state index in [1.807, 2.05) is 0 Å². The molecular weight excluding hydrogens is 628 g/mol. The highest BCUT2D eigenvalue weighted by molar-refractivity contribution is 6.30. The molecule has 17 heteroatoms. The van der Waals surface area contributed by atoms with Crippen LogP contribution < -0.4 is 16.2 Å². The predicted octanol–water partition coefficient (Wildman–Crippen LogP) is 3.37. The first kappa shape index (κ1) is 31.9. The maximum atomic E-state index is 13.9. The maximum Gasteiger partial charge on any atom is 0.411 e. The topological polar surface area (TPSA) is 177 Å². The van der Waals surface area contributed by atoms with Crippen LogP contribution in [0.15, 0.2) is 65.7 Å². The number of methoxy groups -OCH3 is 1. The van der Waals surface area contributed by atoms with Crippen molar-refractivity contribution in [1.82, 2.24) is 40.6 Å². The predicted molar refractivity (Wildman–Crippen MR) is 161 cm³/mol. The van der Waals surface area contributed by atoms with E-state index < -0.39 is 54.8 Å². The number of carbonyl (C=O) groups is 3. The molecule has 5 rings (SSSR count). The van der Waals surface area contributed by atoms with Crippen LogP contribution in [-0.2, 0) is 14.3 Å². The van der Waals surface area contributed by atoms with Gasteiger partial charge in [0.1, 0.15) is 6.33 Å². The number of rotatable bonds is 9. The Morgan fingerprint density at radius 2 is 1.96 bits per heavy atom. The lowest BCUT2D eigenvalue weighted by atomic mass is 10.0. The number of anilines is 1. The summed E-state index contributed by atoms with van der Waals surface area (Å²) < 4.78 is 33.7. The van der Waals surface area contributed by atoms with E-state index >= 15 is 0 Å². The van der Waals surface area contributed by atoms with Gasteiger partial charge in [0, 0.05) is 35.3 Å². The third-order valence-electron chi connectivity index (χ3n) is 7.03. The summed E-state index contributed by atoms with van der Waals surface area (Å²) in [6.45, 7) is -0.880. The van der Waals surface area contributed by atoms with Crippen molar-refractivity contribution in [2.24, 2.45) is 0 Å². The van der Waals surface area contributed by atoms with Crippen molar-refractivity contribution < 1.29 is 27.9 Å². The van der Waals surface area contributed by atoms with E-state index in [9.17, 15) is 28.0 Å². The Bertz CT molecular complexity index is 1830. The molecule has 2 aromatic heterocycles. The zero-order valence-electron chi connectivity index (χ0n) is 24.1. The van der Waals surface area contributed by atoms with Gasteiger partial charge in [-0.3, -0.25) is 19.7 Å². The lowest BCUT2D eigenvalue weighted by Crippen LogP contribution is -2.36. The number of aromatic nitrogens is 6. The monoisotopic (exact) mass is 653 g/mol. The Morgan fingerprint density at radius 3 is 2.63 bits per heavy atom. The van der Waals surface area contributed by atoms with Gasteiger partial charge in [0.25, 0.3) is 11.5 Å². The van der Waals surface area contributed by atoms with Crippen molar-refractivity contribution >= 4 is 41.3 Å². The molecule has 4 aromatic rings. The van der Waals surface area contributed by atoms with Gasteiger partial charge in [-0.05, 0) is 58.5 Å². The number of ether oxygens (including phenoxy) is 1. The molecule has 0 saturated carbocycles. The minimum atomic E-state index is -3.01. The molecule has 3 heterocycles. The molecule has 1 saturated heterocycles. The second kappa shape index (κ2) is 13.6. The van der Waals surface area contributed by atoms with Crippen molar-refractivity contribution in [3.63, 3.8) is 0 Å². The minimum absolute atomic E-state index is 0.101.